The fourth-order valence-electron chi connectivity index (χ4n) is 4.27. The van der Waals surface area contributed by atoms with Gasteiger partial charge in [0.2, 0.25) is 11.8 Å². The molecule has 0 aliphatic carbocycles. The molecule has 0 spiro atoms. The molecule has 3 aromatic carbocycles. The minimum absolute atomic E-state index is 0.000971. The van der Waals surface area contributed by atoms with Gasteiger partial charge >= 0.3 is 0 Å². The number of ether oxygens (including phenoxy) is 3. The largest absolute Gasteiger partial charge is 0.490 e. The van der Waals surface area contributed by atoms with Crippen LogP contribution in [0.2, 0.25) is 0 Å². The molecule has 0 saturated carbocycles. The first-order chi connectivity index (χ1) is 17.6. The molecule has 36 heavy (non-hydrogen) atoms. The van der Waals surface area contributed by atoms with E-state index >= 15 is 0 Å². The van der Waals surface area contributed by atoms with Gasteiger partial charge in [0.1, 0.15) is 24.1 Å². The number of hydrogen-bond acceptors (Lipinski definition) is 6. The third kappa shape index (κ3) is 4.23. The number of nitrogens with one attached hydrogen (secondary N) is 1. The minimum atomic E-state index is -0.549. The van der Waals surface area contributed by atoms with Gasteiger partial charge in [0, 0.05) is 5.56 Å². The highest BCUT2D eigenvalue weighted by molar-refractivity contribution is 5.71. The number of benzene rings is 3. The SMILES string of the molecule is CCOc1cc([C@@H]2C(C#N)=C(N)Oc3n[nH]c(-c4ccccc4)c32)ccc1OCc1ccccc1F. The zero-order valence-electron chi connectivity index (χ0n) is 19.5. The Labute approximate surface area is 207 Å². The number of hydrogen-bond donors (Lipinski definition) is 2. The lowest BCUT2D eigenvalue weighted by atomic mass is 9.83. The number of aromatic amines is 1. The predicted octanol–water partition coefficient (Wildman–Crippen LogP) is 5.41. The maximum atomic E-state index is 14.1. The van der Waals surface area contributed by atoms with Gasteiger partial charge < -0.3 is 19.9 Å². The average Bonchev–Trinajstić information content (AvgIpc) is 3.32. The lowest BCUT2D eigenvalue weighted by Gasteiger charge is -2.25. The summed E-state index contributed by atoms with van der Waals surface area (Å²) in [5, 5.41) is 17.3. The Bertz CT molecular complexity index is 1470. The third-order valence-electron chi connectivity index (χ3n) is 5.94. The number of nitriles is 1. The zero-order valence-corrected chi connectivity index (χ0v) is 19.5. The normalized spacial score (nSPS) is 14.5. The van der Waals surface area contributed by atoms with Gasteiger partial charge in [-0.1, -0.05) is 54.6 Å². The van der Waals surface area contributed by atoms with Crippen LogP contribution in [0.5, 0.6) is 17.4 Å². The molecule has 0 saturated heterocycles. The van der Waals surface area contributed by atoms with Crippen LogP contribution in [0.15, 0.2) is 84.3 Å². The summed E-state index contributed by atoms with van der Waals surface area (Å²) in [4.78, 5) is 0. The van der Waals surface area contributed by atoms with Crippen LogP contribution in [-0.4, -0.2) is 16.8 Å². The summed E-state index contributed by atoms with van der Waals surface area (Å²) in [5.41, 5.74) is 9.90. The van der Waals surface area contributed by atoms with E-state index in [0.717, 1.165) is 16.8 Å². The summed E-state index contributed by atoms with van der Waals surface area (Å²) in [6.07, 6.45) is 0. The van der Waals surface area contributed by atoms with Crippen molar-refractivity contribution in [2.45, 2.75) is 19.4 Å². The first-order valence-electron chi connectivity index (χ1n) is 11.4. The van der Waals surface area contributed by atoms with Crippen LogP contribution in [-0.2, 0) is 6.61 Å². The van der Waals surface area contributed by atoms with Crippen LogP contribution < -0.4 is 19.9 Å². The van der Waals surface area contributed by atoms with Crippen LogP contribution in [0, 0.1) is 17.1 Å². The van der Waals surface area contributed by atoms with Crippen LogP contribution in [0.3, 0.4) is 0 Å². The van der Waals surface area contributed by atoms with E-state index in [1.165, 1.54) is 6.07 Å². The van der Waals surface area contributed by atoms with Gasteiger partial charge in [-0.25, -0.2) is 4.39 Å². The maximum absolute atomic E-state index is 14.1. The van der Waals surface area contributed by atoms with Gasteiger partial charge in [0.05, 0.1) is 23.8 Å². The van der Waals surface area contributed by atoms with Gasteiger partial charge in [0.25, 0.3) is 0 Å². The Morgan fingerprint density at radius 2 is 1.83 bits per heavy atom. The summed E-state index contributed by atoms with van der Waals surface area (Å²) in [6, 6.07) is 23.7. The van der Waals surface area contributed by atoms with Gasteiger partial charge in [-0.3, -0.25) is 5.10 Å². The number of nitrogens with zero attached hydrogens (tertiary/aromatic N) is 2. The van der Waals surface area contributed by atoms with Crippen molar-refractivity contribution in [1.29, 1.82) is 5.26 Å². The number of halogens is 1. The van der Waals surface area contributed by atoms with E-state index in [-0.39, 0.29) is 23.9 Å². The highest BCUT2D eigenvalue weighted by Crippen LogP contribution is 2.47. The standard InChI is InChI=1S/C28H23FN4O3/c1-2-34-23-14-18(12-13-22(23)35-16-19-10-6-7-11-21(19)29)24-20(15-30)27(31)36-28-25(24)26(32-33-28)17-8-4-3-5-9-17/h3-14,24H,2,16,31H2,1H3,(H,32,33)/t24-/m1/s1. The Morgan fingerprint density at radius 3 is 2.58 bits per heavy atom. The van der Waals surface area contributed by atoms with Crippen LogP contribution in [0.4, 0.5) is 4.39 Å². The van der Waals surface area contributed by atoms with E-state index in [4.69, 9.17) is 19.9 Å². The summed E-state index contributed by atoms with van der Waals surface area (Å²) in [5.74, 6) is 0.358. The number of allylic oxidation sites excluding steroid dienone is 1. The highest BCUT2D eigenvalue weighted by Gasteiger charge is 2.36. The molecule has 3 N–H and O–H groups in total. The molecule has 8 heteroatoms. The third-order valence-corrected chi connectivity index (χ3v) is 5.94. The summed E-state index contributed by atoms with van der Waals surface area (Å²) >= 11 is 0. The first-order valence-corrected chi connectivity index (χ1v) is 11.4. The van der Waals surface area contributed by atoms with Crippen molar-refractivity contribution in [3.05, 3.63) is 107 Å². The quantitative estimate of drug-likeness (QED) is 0.365. The van der Waals surface area contributed by atoms with Crippen molar-refractivity contribution < 1.29 is 18.6 Å². The number of fused-ring (bicyclic) bond motifs is 1. The summed E-state index contributed by atoms with van der Waals surface area (Å²) in [7, 11) is 0. The summed E-state index contributed by atoms with van der Waals surface area (Å²) < 4.78 is 31.5. The maximum Gasteiger partial charge on any atom is 0.244 e. The second-order valence-corrected chi connectivity index (χ2v) is 8.13. The minimum Gasteiger partial charge on any atom is -0.490 e. The molecule has 0 bridgehead atoms. The molecular formula is C28H23FN4O3. The van der Waals surface area contributed by atoms with Gasteiger partial charge in [-0.2, -0.15) is 5.26 Å². The molecule has 180 valence electrons. The zero-order chi connectivity index (χ0) is 25.1. The highest BCUT2D eigenvalue weighted by atomic mass is 19.1. The predicted molar refractivity (Wildman–Crippen MR) is 132 cm³/mol. The van der Waals surface area contributed by atoms with Crippen molar-refractivity contribution in [3.63, 3.8) is 0 Å². The molecule has 0 radical (unpaired) electrons. The molecule has 1 aliphatic heterocycles. The van der Waals surface area contributed by atoms with Crippen molar-refractivity contribution in [2.24, 2.45) is 5.73 Å². The van der Waals surface area contributed by atoms with E-state index in [1.807, 2.05) is 49.4 Å². The Kier molecular flexibility index (Phi) is 6.29. The van der Waals surface area contributed by atoms with Crippen LogP contribution in [0.1, 0.15) is 29.5 Å². The lowest BCUT2D eigenvalue weighted by Crippen LogP contribution is -2.21. The molecular weight excluding hydrogens is 459 g/mol. The fourth-order valence-corrected chi connectivity index (χ4v) is 4.27. The molecule has 1 aliphatic rings. The first kappa shape index (κ1) is 23.0. The second-order valence-electron chi connectivity index (χ2n) is 8.13. The van der Waals surface area contributed by atoms with Crippen molar-refractivity contribution in [2.75, 3.05) is 6.61 Å². The summed E-state index contributed by atoms with van der Waals surface area (Å²) in [6.45, 7) is 2.30. The molecule has 0 unspecified atom stereocenters. The van der Waals surface area contributed by atoms with Crippen molar-refractivity contribution >= 4 is 0 Å². The van der Waals surface area contributed by atoms with Crippen molar-refractivity contribution in [1.82, 2.24) is 10.2 Å². The van der Waals surface area contributed by atoms with E-state index in [0.29, 0.717) is 35.1 Å². The van der Waals surface area contributed by atoms with Crippen LogP contribution in [0.25, 0.3) is 11.3 Å². The molecule has 1 aromatic heterocycles. The van der Waals surface area contributed by atoms with Gasteiger partial charge in [-0.15, -0.1) is 5.10 Å². The molecule has 2 heterocycles. The van der Waals surface area contributed by atoms with E-state index in [9.17, 15) is 9.65 Å². The molecule has 4 aromatic rings. The number of aromatic nitrogens is 2. The monoisotopic (exact) mass is 482 g/mol. The fraction of sp³-hybridized carbons (Fsp3) is 0.143. The Morgan fingerprint density at radius 1 is 1.06 bits per heavy atom. The number of nitrogens with two attached hydrogens (primary N) is 1. The topological polar surface area (TPSA) is 106 Å². The van der Waals surface area contributed by atoms with Crippen molar-refractivity contribution in [3.8, 4) is 34.7 Å². The average molecular weight is 483 g/mol. The molecule has 7 nitrogen and oxygen atoms in total. The Hall–Kier alpha value is -4.77. The van der Waals surface area contributed by atoms with Crippen LogP contribution >= 0.6 is 0 Å². The van der Waals surface area contributed by atoms with Gasteiger partial charge in [-0.05, 0) is 36.2 Å². The molecule has 1 atom stereocenters. The van der Waals surface area contributed by atoms with E-state index in [2.05, 4.69) is 16.3 Å². The van der Waals surface area contributed by atoms with E-state index < -0.39 is 5.92 Å². The Balaban J connectivity index is 1.57. The van der Waals surface area contributed by atoms with E-state index in [1.54, 1.807) is 24.3 Å². The second kappa shape index (κ2) is 9.84. The molecule has 5 rings (SSSR count). The molecule has 0 fully saturated rings. The van der Waals surface area contributed by atoms with Gasteiger partial charge in [0.15, 0.2) is 11.5 Å². The molecule has 0 amide bonds. The lowest BCUT2D eigenvalue weighted by molar-refractivity contribution is 0.265. The number of H-pyrrole nitrogens is 1. The number of rotatable bonds is 7. The smallest absolute Gasteiger partial charge is 0.244 e.